The van der Waals surface area contributed by atoms with E-state index in [1.165, 1.54) is 12.3 Å². The second kappa shape index (κ2) is 5.41. The fraction of sp³-hybridized carbons (Fsp3) is 0.312. The van der Waals surface area contributed by atoms with Gasteiger partial charge in [-0.3, -0.25) is 0 Å². The minimum atomic E-state index is -3.11. The molecule has 9 heteroatoms. The summed E-state index contributed by atoms with van der Waals surface area (Å²) >= 11 is 0. The summed E-state index contributed by atoms with van der Waals surface area (Å²) in [5, 5.41) is 14.4. The Morgan fingerprint density at radius 1 is 1.44 bits per heavy atom. The second-order valence-electron chi connectivity index (χ2n) is 6.12. The molecule has 1 aliphatic heterocycles. The zero-order chi connectivity index (χ0) is 17.8. The van der Waals surface area contributed by atoms with Crippen molar-refractivity contribution in [2.24, 2.45) is 0 Å². The molecule has 8 nitrogen and oxygen atoms in total. The molecule has 1 N–H and O–H groups in total. The Morgan fingerprint density at radius 3 is 2.84 bits per heavy atom. The molecule has 3 aromatic heterocycles. The Kier molecular flexibility index (Phi) is 3.43. The van der Waals surface area contributed by atoms with Crippen molar-refractivity contribution in [3.05, 3.63) is 35.7 Å². The second-order valence-corrected chi connectivity index (χ2v) is 8.35. The first-order valence-electron chi connectivity index (χ1n) is 7.73. The van der Waals surface area contributed by atoms with Crippen LogP contribution in [0.1, 0.15) is 28.5 Å². The van der Waals surface area contributed by atoms with Crippen LogP contribution in [0.3, 0.4) is 0 Å². The van der Waals surface area contributed by atoms with E-state index >= 15 is 0 Å². The van der Waals surface area contributed by atoms with Crippen LogP contribution in [-0.2, 0) is 9.84 Å². The average Bonchev–Trinajstić information content (AvgIpc) is 3.26. The van der Waals surface area contributed by atoms with Crippen molar-refractivity contribution in [3.8, 4) is 11.5 Å². The minimum Gasteiger partial charge on any atom is -0.478 e. The zero-order valence-electron chi connectivity index (χ0n) is 13.3. The number of pyridine rings is 1. The third-order valence-corrected chi connectivity index (χ3v) is 6.15. The Hall–Kier alpha value is -2.68. The Morgan fingerprint density at radius 2 is 2.24 bits per heavy atom. The molecule has 1 atom stereocenters. The first-order chi connectivity index (χ1) is 11.9. The van der Waals surface area contributed by atoms with Crippen molar-refractivity contribution in [1.29, 1.82) is 0 Å². The number of hydrogen-bond donors (Lipinski definition) is 1. The van der Waals surface area contributed by atoms with Gasteiger partial charge in [-0.2, -0.15) is 5.10 Å². The number of carbonyl (C=O) groups is 1. The third kappa shape index (κ3) is 2.60. The number of carboxylic acids is 1. The highest BCUT2D eigenvalue weighted by Crippen LogP contribution is 2.32. The lowest BCUT2D eigenvalue weighted by molar-refractivity contribution is 0.0699. The molecule has 1 fully saturated rings. The number of sulfone groups is 1. The number of aryl methyl sites for hydroxylation is 1. The van der Waals surface area contributed by atoms with Gasteiger partial charge in [0.15, 0.2) is 21.2 Å². The number of carboxylic acid groups (broad SMARTS) is 1. The van der Waals surface area contributed by atoms with E-state index in [0.717, 1.165) is 0 Å². The van der Waals surface area contributed by atoms with Gasteiger partial charge in [0, 0.05) is 0 Å². The summed E-state index contributed by atoms with van der Waals surface area (Å²) in [6, 6.07) is 4.48. The van der Waals surface area contributed by atoms with Gasteiger partial charge in [-0.25, -0.2) is 22.9 Å². The fourth-order valence-electron chi connectivity index (χ4n) is 3.26. The summed E-state index contributed by atoms with van der Waals surface area (Å²) in [5.41, 5.74) is 1.32. The molecule has 130 valence electrons. The maximum absolute atomic E-state index is 11.8. The van der Waals surface area contributed by atoms with Gasteiger partial charge in [-0.05, 0) is 31.5 Å². The largest absolute Gasteiger partial charge is 0.478 e. The smallest absolute Gasteiger partial charge is 0.336 e. The van der Waals surface area contributed by atoms with E-state index in [1.807, 2.05) is 0 Å². The highest BCUT2D eigenvalue weighted by Gasteiger charge is 2.32. The van der Waals surface area contributed by atoms with Gasteiger partial charge < -0.3 is 9.52 Å². The number of furan rings is 1. The van der Waals surface area contributed by atoms with Crippen LogP contribution in [0, 0.1) is 6.92 Å². The van der Waals surface area contributed by atoms with E-state index in [4.69, 9.17) is 4.42 Å². The summed E-state index contributed by atoms with van der Waals surface area (Å²) in [4.78, 5) is 16.3. The summed E-state index contributed by atoms with van der Waals surface area (Å²) in [7, 11) is -3.11. The molecule has 0 unspecified atom stereocenters. The van der Waals surface area contributed by atoms with E-state index < -0.39 is 15.8 Å². The van der Waals surface area contributed by atoms with E-state index in [1.54, 1.807) is 23.7 Å². The molecule has 0 saturated carbocycles. The number of rotatable bonds is 3. The van der Waals surface area contributed by atoms with Crippen molar-refractivity contribution in [3.63, 3.8) is 0 Å². The van der Waals surface area contributed by atoms with Gasteiger partial charge in [0.2, 0.25) is 0 Å². The molecule has 0 aliphatic carbocycles. The van der Waals surface area contributed by atoms with E-state index in [9.17, 15) is 18.3 Å². The molecule has 0 spiro atoms. The van der Waals surface area contributed by atoms with Gasteiger partial charge in [0.25, 0.3) is 0 Å². The van der Waals surface area contributed by atoms with Crippen LogP contribution >= 0.6 is 0 Å². The molecule has 1 saturated heterocycles. The topological polar surface area (TPSA) is 115 Å². The number of aromatic nitrogens is 3. The van der Waals surface area contributed by atoms with Gasteiger partial charge >= 0.3 is 5.97 Å². The number of aromatic carboxylic acids is 1. The normalized spacial score (nSPS) is 19.5. The van der Waals surface area contributed by atoms with Crippen molar-refractivity contribution in [2.75, 3.05) is 11.5 Å². The van der Waals surface area contributed by atoms with Crippen molar-refractivity contribution in [1.82, 2.24) is 14.8 Å². The lowest BCUT2D eigenvalue weighted by atomic mass is 10.1. The summed E-state index contributed by atoms with van der Waals surface area (Å²) in [6.45, 7) is 1.70. The minimum absolute atomic E-state index is 0.0156. The lowest BCUT2D eigenvalue weighted by Crippen LogP contribution is -2.13. The number of nitrogens with zero attached hydrogens (tertiary/aromatic N) is 3. The van der Waals surface area contributed by atoms with Crippen LogP contribution in [0.15, 0.2) is 28.9 Å². The predicted octanol–water partition coefficient (Wildman–Crippen LogP) is 2.06. The van der Waals surface area contributed by atoms with Crippen LogP contribution in [-0.4, -0.2) is 45.8 Å². The highest BCUT2D eigenvalue weighted by molar-refractivity contribution is 7.91. The summed E-state index contributed by atoms with van der Waals surface area (Å²) in [6.07, 6.45) is 1.92. The van der Waals surface area contributed by atoms with Crippen molar-refractivity contribution >= 4 is 26.8 Å². The Balaban J connectivity index is 1.98. The van der Waals surface area contributed by atoms with Crippen LogP contribution in [0.4, 0.5) is 0 Å². The molecule has 3 aromatic rings. The Labute approximate surface area is 143 Å². The predicted molar refractivity (Wildman–Crippen MR) is 89.2 cm³/mol. The molecule has 0 amide bonds. The first kappa shape index (κ1) is 15.8. The fourth-order valence-corrected chi connectivity index (χ4v) is 4.95. The zero-order valence-corrected chi connectivity index (χ0v) is 14.2. The monoisotopic (exact) mass is 361 g/mol. The van der Waals surface area contributed by atoms with Gasteiger partial charge in [0.1, 0.15) is 5.69 Å². The maximum atomic E-state index is 11.8. The maximum Gasteiger partial charge on any atom is 0.336 e. The van der Waals surface area contributed by atoms with Crippen molar-refractivity contribution in [2.45, 2.75) is 19.4 Å². The SMILES string of the molecule is Cc1nn([C@@H]2CCS(=O)(=O)C2)c2nc(-c3ccco3)cc(C(=O)O)c12. The molecule has 1 aliphatic rings. The third-order valence-electron chi connectivity index (χ3n) is 4.40. The molecule has 4 rings (SSSR count). The van der Waals surface area contributed by atoms with Crippen LogP contribution in [0.5, 0.6) is 0 Å². The van der Waals surface area contributed by atoms with Crippen LogP contribution in [0.25, 0.3) is 22.5 Å². The molecular weight excluding hydrogens is 346 g/mol. The Bertz CT molecular complexity index is 1080. The summed E-state index contributed by atoms with van der Waals surface area (Å²) in [5.74, 6) is -0.573. The lowest BCUT2D eigenvalue weighted by Gasteiger charge is -2.10. The molecule has 0 radical (unpaired) electrons. The van der Waals surface area contributed by atoms with E-state index in [0.29, 0.717) is 34.6 Å². The standard InChI is InChI=1S/C16H15N3O5S/c1-9-14-11(16(20)21)7-12(13-3-2-5-24-13)17-15(14)19(18-9)10-4-6-25(22,23)8-10/h2-3,5,7,10H,4,6,8H2,1H3,(H,20,21)/t10-/m1/s1. The van der Waals surface area contributed by atoms with E-state index in [-0.39, 0.29) is 23.1 Å². The number of hydrogen-bond acceptors (Lipinski definition) is 6. The molecular formula is C16H15N3O5S. The van der Waals surface area contributed by atoms with Crippen LogP contribution < -0.4 is 0 Å². The molecule has 0 aromatic carbocycles. The van der Waals surface area contributed by atoms with Crippen LogP contribution in [0.2, 0.25) is 0 Å². The number of fused-ring (bicyclic) bond motifs is 1. The van der Waals surface area contributed by atoms with E-state index in [2.05, 4.69) is 10.1 Å². The van der Waals surface area contributed by atoms with Crippen molar-refractivity contribution < 1.29 is 22.7 Å². The highest BCUT2D eigenvalue weighted by atomic mass is 32.2. The molecule has 4 heterocycles. The molecule has 0 bridgehead atoms. The quantitative estimate of drug-likeness (QED) is 0.759. The first-order valence-corrected chi connectivity index (χ1v) is 9.55. The average molecular weight is 361 g/mol. The van der Waals surface area contributed by atoms with Gasteiger partial charge in [-0.1, -0.05) is 0 Å². The van der Waals surface area contributed by atoms with Gasteiger partial charge in [-0.15, -0.1) is 0 Å². The summed E-state index contributed by atoms with van der Waals surface area (Å²) < 4.78 is 30.5. The van der Waals surface area contributed by atoms with Gasteiger partial charge in [0.05, 0.1) is 40.5 Å². The molecule has 25 heavy (non-hydrogen) atoms.